The standard InChI is InChI=1S/C10H17F3O/c1-7(6-14)8-3-2-4-9(5-8)10(11,12)13/h7-9,14H,2-6H2,1H3/t7-,8?,9?/m0/s1. The van der Waals surface area contributed by atoms with Crippen molar-refractivity contribution in [3.05, 3.63) is 0 Å². The van der Waals surface area contributed by atoms with Crippen LogP contribution in [0, 0.1) is 17.8 Å². The second-order valence-electron chi connectivity index (χ2n) is 4.33. The molecule has 1 nitrogen and oxygen atoms in total. The van der Waals surface area contributed by atoms with E-state index < -0.39 is 12.1 Å². The van der Waals surface area contributed by atoms with Gasteiger partial charge < -0.3 is 5.11 Å². The fourth-order valence-corrected chi connectivity index (χ4v) is 2.19. The van der Waals surface area contributed by atoms with Gasteiger partial charge in [0.1, 0.15) is 0 Å². The molecule has 0 aromatic rings. The molecule has 0 aromatic carbocycles. The Kier molecular flexibility index (Phi) is 3.81. The predicted octanol–water partition coefficient (Wildman–Crippen LogP) is 2.98. The Labute approximate surface area is 82.3 Å². The number of hydrogen-bond donors (Lipinski definition) is 1. The molecule has 0 spiro atoms. The molecule has 84 valence electrons. The van der Waals surface area contributed by atoms with Crippen LogP contribution in [-0.4, -0.2) is 17.9 Å². The molecule has 0 bridgehead atoms. The second kappa shape index (κ2) is 4.51. The van der Waals surface area contributed by atoms with E-state index in [1.807, 2.05) is 6.92 Å². The smallest absolute Gasteiger partial charge is 0.391 e. The molecule has 14 heavy (non-hydrogen) atoms. The van der Waals surface area contributed by atoms with Crippen LogP contribution in [-0.2, 0) is 0 Å². The SMILES string of the molecule is C[C@@H](CO)C1CCCC(C(F)(F)F)C1. The van der Waals surface area contributed by atoms with E-state index in [1.54, 1.807) is 0 Å². The topological polar surface area (TPSA) is 20.2 Å². The van der Waals surface area contributed by atoms with E-state index in [0.717, 1.165) is 6.42 Å². The average molecular weight is 210 g/mol. The van der Waals surface area contributed by atoms with Gasteiger partial charge in [0.15, 0.2) is 0 Å². The molecule has 1 saturated carbocycles. The maximum Gasteiger partial charge on any atom is 0.391 e. The molecule has 4 heteroatoms. The number of rotatable bonds is 2. The monoisotopic (exact) mass is 210 g/mol. The third kappa shape index (κ3) is 2.87. The van der Waals surface area contributed by atoms with E-state index in [9.17, 15) is 13.2 Å². The molecule has 0 radical (unpaired) electrons. The molecule has 0 saturated heterocycles. The van der Waals surface area contributed by atoms with Crippen molar-refractivity contribution in [2.45, 2.75) is 38.8 Å². The summed E-state index contributed by atoms with van der Waals surface area (Å²) in [7, 11) is 0. The van der Waals surface area contributed by atoms with Gasteiger partial charge in [-0.3, -0.25) is 0 Å². The second-order valence-corrected chi connectivity index (χ2v) is 4.33. The maximum absolute atomic E-state index is 12.4. The van der Waals surface area contributed by atoms with Crippen molar-refractivity contribution >= 4 is 0 Å². The molecule has 3 atom stereocenters. The third-order valence-corrected chi connectivity index (χ3v) is 3.27. The minimum absolute atomic E-state index is 0.000139. The molecular formula is C10H17F3O. The molecule has 0 aliphatic heterocycles. The quantitative estimate of drug-likeness (QED) is 0.742. The third-order valence-electron chi connectivity index (χ3n) is 3.27. The first-order chi connectivity index (χ1) is 6.45. The molecule has 2 unspecified atom stereocenters. The van der Waals surface area contributed by atoms with E-state index in [1.165, 1.54) is 0 Å². The predicted molar refractivity (Wildman–Crippen MR) is 47.8 cm³/mol. The molecule has 1 rings (SSSR count). The van der Waals surface area contributed by atoms with Gasteiger partial charge in [0.25, 0.3) is 0 Å². The van der Waals surface area contributed by atoms with Crippen LogP contribution in [0.4, 0.5) is 13.2 Å². The van der Waals surface area contributed by atoms with E-state index in [0.29, 0.717) is 6.42 Å². The van der Waals surface area contributed by atoms with Gasteiger partial charge in [-0.1, -0.05) is 19.8 Å². The Morgan fingerprint density at radius 2 is 2.00 bits per heavy atom. The van der Waals surface area contributed by atoms with Crippen LogP contribution in [0.25, 0.3) is 0 Å². The Hall–Kier alpha value is -0.250. The summed E-state index contributed by atoms with van der Waals surface area (Å²) in [4.78, 5) is 0. The highest BCUT2D eigenvalue weighted by Crippen LogP contribution is 2.41. The van der Waals surface area contributed by atoms with Gasteiger partial charge in [0.05, 0.1) is 5.92 Å². The molecule has 0 aromatic heterocycles. The summed E-state index contributed by atoms with van der Waals surface area (Å²) in [6.45, 7) is 1.82. The van der Waals surface area contributed by atoms with Crippen molar-refractivity contribution in [2.24, 2.45) is 17.8 Å². The number of aliphatic hydroxyl groups excluding tert-OH is 1. The van der Waals surface area contributed by atoms with E-state index in [2.05, 4.69) is 0 Å². The number of alkyl halides is 3. The average Bonchev–Trinajstić information content (AvgIpc) is 2.15. The fourth-order valence-electron chi connectivity index (χ4n) is 2.19. The maximum atomic E-state index is 12.4. The highest BCUT2D eigenvalue weighted by molar-refractivity contribution is 4.80. The van der Waals surface area contributed by atoms with Crippen LogP contribution < -0.4 is 0 Å². The van der Waals surface area contributed by atoms with Crippen molar-refractivity contribution in [3.63, 3.8) is 0 Å². The lowest BCUT2D eigenvalue weighted by molar-refractivity contribution is -0.187. The number of aliphatic hydroxyl groups is 1. The summed E-state index contributed by atoms with van der Waals surface area (Å²) in [5, 5.41) is 8.89. The van der Waals surface area contributed by atoms with Crippen LogP contribution in [0.5, 0.6) is 0 Å². The molecule has 1 aliphatic rings. The van der Waals surface area contributed by atoms with Crippen LogP contribution in [0.2, 0.25) is 0 Å². The van der Waals surface area contributed by atoms with Gasteiger partial charge in [-0.15, -0.1) is 0 Å². The van der Waals surface area contributed by atoms with Gasteiger partial charge in [0, 0.05) is 6.61 Å². The van der Waals surface area contributed by atoms with Crippen molar-refractivity contribution in [1.29, 1.82) is 0 Å². The highest BCUT2D eigenvalue weighted by Gasteiger charge is 2.42. The summed E-state index contributed by atoms with van der Waals surface area (Å²) < 4.78 is 37.3. The summed E-state index contributed by atoms with van der Waals surface area (Å²) in [5.74, 6) is -1.10. The molecule has 1 N–H and O–H groups in total. The Bertz CT molecular complexity index is 179. The van der Waals surface area contributed by atoms with Crippen molar-refractivity contribution in [2.75, 3.05) is 6.61 Å². The lowest BCUT2D eigenvalue weighted by Gasteiger charge is -2.33. The largest absolute Gasteiger partial charge is 0.396 e. The van der Waals surface area contributed by atoms with E-state index in [-0.39, 0.29) is 31.3 Å². The zero-order valence-corrected chi connectivity index (χ0v) is 8.35. The van der Waals surface area contributed by atoms with Crippen LogP contribution in [0.1, 0.15) is 32.6 Å². The Balaban J connectivity index is 2.52. The van der Waals surface area contributed by atoms with E-state index >= 15 is 0 Å². The van der Waals surface area contributed by atoms with Crippen molar-refractivity contribution in [1.82, 2.24) is 0 Å². The zero-order chi connectivity index (χ0) is 10.8. The fraction of sp³-hybridized carbons (Fsp3) is 1.00. The minimum Gasteiger partial charge on any atom is -0.396 e. The van der Waals surface area contributed by atoms with Gasteiger partial charge >= 0.3 is 6.18 Å². The summed E-state index contributed by atoms with van der Waals surface area (Å²) >= 11 is 0. The number of hydrogen-bond acceptors (Lipinski definition) is 1. The lowest BCUT2D eigenvalue weighted by Crippen LogP contribution is -2.31. The first kappa shape index (κ1) is 11.8. The first-order valence-electron chi connectivity index (χ1n) is 5.12. The normalized spacial score (nSPS) is 31.5. The molecular weight excluding hydrogens is 193 g/mol. The van der Waals surface area contributed by atoms with Gasteiger partial charge in [-0.05, 0) is 24.7 Å². The number of halogens is 3. The summed E-state index contributed by atoms with van der Waals surface area (Å²) in [5.41, 5.74) is 0. The van der Waals surface area contributed by atoms with E-state index in [4.69, 9.17) is 5.11 Å². The highest BCUT2D eigenvalue weighted by atomic mass is 19.4. The molecule has 1 fully saturated rings. The van der Waals surface area contributed by atoms with Gasteiger partial charge in [-0.25, -0.2) is 0 Å². The zero-order valence-electron chi connectivity index (χ0n) is 8.35. The molecule has 0 heterocycles. The Morgan fingerprint density at radius 3 is 2.50 bits per heavy atom. The lowest BCUT2D eigenvalue weighted by atomic mass is 9.75. The van der Waals surface area contributed by atoms with Crippen LogP contribution >= 0.6 is 0 Å². The van der Waals surface area contributed by atoms with Crippen molar-refractivity contribution < 1.29 is 18.3 Å². The van der Waals surface area contributed by atoms with Crippen LogP contribution in [0.15, 0.2) is 0 Å². The molecule has 1 aliphatic carbocycles. The minimum atomic E-state index is -4.05. The summed E-state index contributed by atoms with van der Waals surface area (Å²) in [6, 6.07) is 0. The van der Waals surface area contributed by atoms with Gasteiger partial charge in [-0.2, -0.15) is 13.2 Å². The first-order valence-corrected chi connectivity index (χ1v) is 5.12. The van der Waals surface area contributed by atoms with Gasteiger partial charge in [0.2, 0.25) is 0 Å². The summed E-state index contributed by atoms with van der Waals surface area (Å²) in [6.07, 6.45) is -2.12. The van der Waals surface area contributed by atoms with Crippen LogP contribution in [0.3, 0.4) is 0 Å². The Morgan fingerprint density at radius 1 is 1.36 bits per heavy atom. The van der Waals surface area contributed by atoms with Crippen molar-refractivity contribution in [3.8, 4) is 0 Å². The molecule has 0 amide bonds.